The van der Waals surface area contributed by atoms with Crippen LogP contribution in [0.3, 0.4) is 0 Å². The van der Waals surface area contributed by atoms with Gasteiger partial charge < -0.3 is 15.2 Å². The average molecular weight is 290 g/mol. The highest BCUT2D eigenvalue weighted by molar-refractivity contribution is 5.11. The summed E-state index contributed by atoms with van der Waals surface area (Å²) in [5.74, 6) is 0.642. The van der Waals surface area contributed by atoms with Gasteiger partial charge in [-0.1, -0.05) is 18.9 Å². The first kappa shape index (κ1) is 14.9. The Bertz CT molecular complexity index is 426. The standard InChI is InChI=1S/C17H26N2O2/c20-17(8-11-21-12-9-17)13-19-16(14-5-1-2-6-14)15-7-3-4-10-18-15/h3-4,7,10,14,16,19-20H,1-2,5-6,8-9,11-13H2. The van der Waals surface area contributed by atoms with Gasteiger partial charge in [0.2, 0.25) is 0 Å². The van der Waals surface area contributed by atoms with E-state index in [0.717, 1.165) is 18.5 Å². The summed E-state index contributed by atoms with van der Waals surface area (Å²) in [6, 6.07) is 6.38. The Labute approximate surface area is 126 Å². The largest absolute Gasteiger partial charge is 0.388 e. The van der Waals surface area contributed by atoms with Gasteiger partial charge in [0.1, 0.15) is 0 Å². The van der Waals surface area contributed by atoms with Gasteiger partial charge in [-0.25, -0.2) is 0 Å². The molecule has 1 unspecified atom stereocenters. The van der Waals surface area contributed by atoms with Crippen LogP contribution in [0.2, 0.25) is 0 Å². The van der Waals surface area contributed by atoms with Crippen molar-refractivity contribution in [2.45, 2.75) is 50.2 Å². The van der Waals surface area contributed by atoms with Crippen LogP contribution in [-0.4, -0.2) is 35.5 Å². The topological polar surface area (TPSA) is 54.4 Å². The van der Waals surface area contributed by atoms with Crippen molar-refractivity contribution in [3.8, 4) is 0 Å². The Morgan fingerprint density at radius 1 is 1.29 bits per heavy atom. The van der Waals surface area contributed by atoms with Crippen LogP contribution in [0.15, 0.2) is 24.4 Å². The smallest absolute Gasteiger partial charge is 0.0815 e. The molecule has 2 N–H and O–H groups in total. The van der Waals surface area contributed by atoms with Gasteiger partial charge in [-0.05, 0) is 30.9 Å². The van der Waals surface area contributed by atoms with Crippen LogP contribution in [0.1, 0.15) is 50.3 Å². The van der Waals surface area contributed by atoms with Gasteiger partial charge in [-0.2, -0.15) is 0 Å². The maximum atomic E-state index is 10.6. The van der Waals surface area contributed by atoms with Crippen molar-refractivity contribution in [3.63, 3.8) is 0 Å². The monoisotopic (exact) mass is 290 g/mol. The molecule has 0 amide bonds. The molecule has 21 heavy (non-hydrogen) atoms. The predicted molar refractivity (Wildman–Crippen MR) is 81.9 cm³/mol. The molecular weight excluding hydrogens is 264 g/mol. The second-order valence-corrected chi connectivity index (χ2v) is 6.49. The molecule has 1 aromatic rings. The Balaban J connectivity index is 1.67. The number of nitrogens with zero attached hydrogens (tertiary/aromatic N) is 1. The molecule has 1 aliphatic heterocycles. The molecule has 0 radical (unpaired) electrons. The molecule has 1 aromatic heterocycles. The van der Waals surface area contributed by atoms with E-state index in [1.54, 1.807) is 0 Å². The summed E-state index contributed by atoms with van der Waals surface area (Å²) < 4.78 is 5.36. The summed E-state index contributed by atoms with van der Waals surface area (Å²) in [6.45, 7) is 1.96. The van der Waals surface area contributed by atoms with E-state index in [2.05, 4.69) is 22.4 Å². The van der Waals surface area contributed by atoms with Crippen LogP contribution in [0.5, 0.6) is 0 Å². The molecule has 2 fully saturated rings. The van der Waals surface area contributed by atoms with E-state index in [1.165, 1.54) is 25.7 Å². The number of hydrogen-bond acceptors (Lipinski definition) is 4. The molecule has 4 nitrogen and oxygen atoms in total. The fraction of sp³-hybridized carbons (Fsp3) is 0.706. The number of pyridine rings is 1. The molecule has 1 saturated heterocycles. The molecule has 1 aliphatic carbocycles. The third-order valence-corrected chi connectivity index (χ3v) is 4.95. The van der Waals surface area contributed by atoms with E-state index in [0.29, 0.717) is 25.7 Å². The van der Waals surface area contributed by atoms with Crippen molar-refractivity contribution < 1.29 is 9.84 Å². The maximum absolute atomic E-state index is 10.6. The Kier molecular flexibility index (Phi) is 4.88. The van der Waals surface area contributed by atoms with E-state index >= 15 is 0 Å². The highest BCUT2D eigenvalue weighted by Gasteiger charge is 2.33. The highest BCUT2D eigenvalue weighted by atomic mass is 16.5. The third-order valence-electron chi connectivity index (χ3n) is 4.95. The van der Waals surface area contributed by atoms with Gasteiger partial charge >= 0.3 is 0 Å². The number of hydrogen-bond donors (Lipinski definition) is 2. The van der Waals surface area contributed by atoms with Crippen LogP contribution < -0.4 is 5.32 Å². The summed E-state index contributed by atoms with van der Waals surface area (Å²) in [4.78, 5) is 4.54. The minimum Gasteiger partial charge on any atom is -0.388 e. The zero-order chi connectivity index (χ0) is 14.5. The first-order chi connectivity index (χ1) is 10.3. The second kappa shape index (κ2) is 6.86. The third kappa shape index (κ3) is 3.82. The molecule has 1 atom stereocenters. The molecule has 3 rings (SSSR count). The molecule has 116 valence electrons. The van der Waals surface area contributed by atoms with Crippen molar-refractivity contribution in [2.24, 2.45) is 5.92 Å². The number of ether oxygens (including phenoxy) is 1. The Morgan fingerprint density at radius 3 is 2.71 bits per heavy atom. The number of aliphatic hydroxyl groups is 1. The van der Waals surface area contributed by atoms with Crippen LogP contribution in [0.4, 0.5) is 0 Å². The fourth-order valence-electron chi connectivity index (χ4n) is 3.59. The Hall–Kier alpha value is -0.970. The van der Waals surface area contributed by atoms with E-state index in [4.69, 9.17) is 4.74 Å². The van der Waals surface area contributed by atoms with Crippen LogP contribution in [-0.2, 0) is 4.74 Å². The lowest BCUT2D eigenvalue weighted by Crippen LogP contribution is -2.46. The van der Waals surface area contributed by atoms with Gasteiger partial charge in [0.25, 0.3) is 0 Å². The first-order valence-corrected chi connectivity index (χ1v) is 8.21. The molecule has 0 spiro atoms. The lowest BCUT2D eigenvalue weighted by Gasteiger charge is -2.35. The predicted octanol–water partition coefficient (Wildman–Crippen LogP) is 2.44. The second-order valence-electron chi connectivity index (χ2n) is 6.49. The molecular formula is C17H26N2O2. The lowest BCUT2D eigenvalue weighted by atomic mass is 9.91. The molecule has 0 aromatic carbocycles. The van der Waals surface area contributed by atoms with Crippen LogP contribution >= 0.6 is 0 Å². The molecule has 4 heteroatoms. The quantitative estimate of drug-likeness (QED) is 0.874. The Morgan fingerprint density at radius 2 is 2.05 bits per heavy atom. The minimum atomic E-state index is -0.621. The summed E-state index contributed by atoms with van der Waals surface area (Å²) in [6.07, 6.45) is 8.45. The van der Waals surface area contributed by atoms with Crippen molar-refractivity contribution in [3.05, 3.63) is 30.1 Å². The summed E-state index contributed by atoms with van der Waals surface area (Å²) in [5, 5.41) is 14.3. The van der Waals surface area contributed by atoms with Gasteiger partial charge in [0.15, 0.2) is 0 Å². The zero-order valence-electron chi connectivity index (χ0n) is 12.6. The highest BCUT2D eigenvalue weighted by Crippen LogP contribution is 2.35. The summed E-state index contributed by atoms with van der Waals surface area (Å²) in [5.41, 5.74) is 0.490. The zero-order valence-corrected chi connectivity index (χ0v) is 12.6. The SMILES string of the molecule is OC1(CNC(c2ccccn2)C2CCCC2)CCOCC1. The van der Waals surface area contributed by atoms with Gasteiger partial charge in [-0.3, -0.25) is 4.98 Å². The van der Waals surface area contributed by atoms with Crippen molar-refractivity contribution >= 4 is 0 Å². The van der Waals surface area contributed by atoms with Crippen LogP contribution in [0, 0.1) is 5.92 Å². The molecule has 2 heterocycles. The summed E-state index contributed by atoms with van der Waals surface area (Å²) >= 11 is 0. The van der Waals surface area contributed by atoms with Crippen molar-refractivity contribution in [1.82, 2.24) is 10.3 Å². The van der Waals surface area contributed by atoms with E-state index < -0.39 is 5.60 Å². The molecule has 1 saturated carbocycles. The number of aromatic nitrogens is 1. The summed E-state index contributed by atoms with van der Waals surface area (Å²) in [7, 11) is 0. The van der Waals surface area contributed by atoms with Crippen LogP contribution in [0.25, 0.3) is 0 Å². The van der Waals surface area contributed by atoms with Gasteiger partial charge in [-0.15, -0.1) is 0 Å². The normalized spacial score (nSPS) is 24.0. The number of rotatable bonds is 5. The van der Waals surface area contributed by atoms with Crippen molar-refractivity contribution in [2.75, 3.05) is 19.8 Å². The molecule has 0 bridgehead atoms. The van der Waals surface area contributed by atoms with Crippen molar-refractivity contribution in [1.29, 1.82) is 0 Å². The van der Waals surface area contributed by atoms with E-state index in [-0.39, 0.29) is 6.04 Å². The van der Waals surface area contributed by atoms with Gasteiger partial charge in [0, 0.05) is 38.8 Å². The first-order valence-electron chi connectivity index (χ1n) is 8.21. The lowest BCUT2D eigenvalue weighted by molar-refractivity contribution is -0.0636. The molecule has 2 aliphatic rings. The minimum absolute atomic E-state index is 0.264. The maximum Gasteiger partial charge on any atom is 0.0815 e. The number of nitrogens with one attached hydrogen (secondary N) is 1. The van der Waals surface area contributed by atoms with E-state index in [9.17, 15) is 5.11 Å². The van der Waals surface area contributed by atoms with Gasteiger partial charge in [0.05, 0.1) is 17.3 Å². The fourth-order valence-corrected chi connectivity index (χ4v) is 3.59. The average Bonchev–Trinajstić information content (AvgIpc) is 3.03. The van der Waals surface area contributed by atoms with E-state index in [1.807, 2.05) is 12.3 Å².